The molecule has 0 amide bonds. The molecule has 0 fully saturated rings. The molecule has 10 heteroatoms. The van der Waals surface area contributed by atoms with Crippen molar-refractivity contribution in [1.82, 2.24) is 0 Å². The lowest BCUT2D eigenvalue weighted by molar-refractivity contribution is -0.138. The van der Waals surface area contributed by atoms with Crippen LogP contribution in [0.2, 0.25) is 12.6 Å². The average molecular weight is 865 g/mol. The van der Waals surface area contributed by atoms with Gasteiger partial charge in [0, 0.05) is 6.61 Å². The summed E-state index contributed by atoms with van der Waals surface area (Å²) in [6.07, 6.45) is 7.41. The quantitative estimate of drug-likeness (QED) is 0.127. The van der Waals surface area contributed by atoms with Crippen LogP contribution in [0.25, 0.3) is 0 Å². The van der Waals surface area contributed by atoms with E-state index >= 15 is 0 Å². The fourth-order valence-corrected chi connectivity index (χ4v) is 9.08. The summed E-state index contributed by atoms with van der Waals surface area (Å²) in [5.41, 5.74) is 15.4. The zero-order chi connectivity index (χ0) is 44.3. The number of hydrogen-bond donors (Lipinski definition) is 3. The van der Waals surface area contributed by atoms with Crippen LogP contribution >= 0.6 is 0 Å². The van der Waals surface area contributed by atoms with Gasteiger partial charge in [-0.2, -0.15) is 13.2 Å². The molecule has 0 saturated carbocycles. The Morgan fingerprint density at radius 1 is 0.500 bits per heavy atom. The molecule has 3 N–H and O–H groups in total. The van der Waals surface area contributed by atoms with Gasteiger partial charge in [0.25, 0.3) is 0 Å². The summed E-state index contributed by atoms with van der Waals surface area (Å²) in [5.74, 6) is 0. The summed E-state index contributed by atoms with van der Waals surface area (Å²) < 4.78 is 44.3. The van der Waals surface area contributed by atoms with Crippen molar-refractivity contribution < 1.29 is 32.9 Å². The Bertz CT molecular complexity index is 2440. The minimum Gasteiger partial charge on any atom is -0.446 e. The molecule has 3 aliphatic heterocycles. The number of rotatable bonds is 9. The Morgan fingerprint density at radius 2 is 0.984 bits per heavy atom. The third-order valence-corrected chi connectivity index (χ3v) is 12.7. The molecule has 4 nitrogen and oxygen atoms in total. The van der Waals surface area contributed by atoms with Gasteiger partial charge in [0.1, 0.15) is 0 Å². The van der Waals surface area contributed by atoms with Crippen molar-refractivity contribution in [3.05, 3.63) is 194 Å². The molecule has 332 valence electrons. The summed E-state index contributed by atoms with van der Waals surface area (Å²) in [7, 11) is -0.752. The molecule has 3 heterocycles. The second-order valence-corrected chi connectivity index (χ2v) is 17.5. The van der Waals surface area contributed by atoms with E-state index in [0.717, 1.165) is 104 Å². The van der Waals surface area contributed by atoms with Crippen LogP contribution in [0.1, 0.15) is 87.0 Å². The van der Waals surface area contributed by atoms with Gasteiger partial charge < -0.3 is 19.7 Å². The van der Waals surface area contributed by atoms with E-state index in [4.69, 9.17) is 4.65 Å². The molecule has 0 atom stereocenters. The molecule has 0 saturated heterocycles. The predicted molar refractivity (Wildman–Crippen MR) is 261 cm³/mol. The fraction of sp³-hybridized carbons (Fsp3) is 0.333. The molecule has 0 aromatic heterocycles. The smallest absolute Gasteiger partial charge is 0.446 e. The van der Waals surface area contributed by atoms with E-state index in [1.807, 2.05) is 18.2 Å². The monoisotopic (exact) mass is 864 g/mol. The van der Waals surface area contributed by atoms with Gasteiger partial charge >= 0.3 is 27.1 Å². The van der Waals surface area contributed by atoms with Gasteiger partial charge in [0.05, 0.1) is 5.56 Å². The first-order valence-corrected chi connectivity index (χ1v) is 22.7. The number of aryl methyl sites for hydroxylation is 10. The molecule has 6 aromatic rings. The highest BCUT2D eigenvalue weighted by Crippen LogP contribution is 2.32. The van der Waals surface area contributed by atoms with E-state index in [1.54, 1.807) is 6.07 Å². The molecule has 0 bridgehead atoms. The van der Waals surface area contributed by atoms with Gasteiger partial charge in [-0.1, -0.05) is 164 Å². The Balaban J connectivity index is 0.000000159. The number of halogens is 3. The van der Waals surface area contributed by atoms with Gasteiger partial charge in [-0.05, 0) is 146 Å². The van der Waals surface area contributed by atoms with Crippen molar-refractivity contribution in [2.45, 2.75) is 111 Å². The van der Waals surface area contributed by atoms with Crippen molar-refractivity contribution in [2.24, 2.45) is 0 Å². The largest absolute Gasteiger partial charge is 0.491 e. The molecular formula is C54H62B3F3O4. The molecule has 3 aliphatic rings. The molecule has 9 rings (SSSR count). The van der Waals surface area contributed by atoms with Gasteiger partial charge in [0.2, 0.25) is 0 Å². The van der Waals surface area contributed by atoms with Crippen molar-refractivity contribution in [3.8, 4) is 0 Å². The molecule has 0 radical (unpaired) electrons. The van der Waals surface area contributed by atoms with Gasteiger partial charge in [0.15, 0.2) is 0 Å². The van der Waals surface area contributed by atoms with Crippen LogP contribution in [0.3, 0.4) is 0 Å². The first-order valence-electron chi connectivity index (χ1n) is 22.7. The summed E-state index contributed by atoms with van der Waals surface area (Å²) in [6.45, 7) is 4.15. The molecule has 6 aromatic carbocycles. The van der Waals surface area contributed by atoms with Crippen LogP contribution in [0.15, 0.2) is 127 Å². The maximum absolute atomic E-state index is 13.0. The van der Waals surface area contributed by atoms with E-state index in [1.165, 1.54) is 56.6 Å². The third-order valence-electron chi connectivity index (χ3n) is 12.7. The van der Waals surface area contributed by atoms with E-state index in [9.17, 15) is 28.2 Å². The van der Waals surface area contributed by atoms with Crippen LogP contribution in [-0.4, -0.2) is 42.6 Å². The van der Waals surface area contributed by atoms with E-state index in [2.05, 4.69) is 98.8 Å². The van der Waals surface area contributed by atoms with E-state index in [-0.39, 0.29) is 14.3 Å². The lowest BCUT2D eigenvalue weighted by Gasteiger charge is -2.19. The number of alkyl halides is 3. The van der Waals surface area contributed by atoms with Crippen LogP contribution in [0.4, 0.5) is 13.2 Å². The highest BCUT2D eigenvalue weighted by molar-refractivity contribution is 6.67. The van der Waals surface area contributed by atoms with Crippen LogP contribution in [0.5, 0.6) is 0 Å². The highest BCUT2D eigenvalue weighted by atomic mass is 19.4. The summed E-state index contributed by atoms with van der Waals surface area (Å²) >= 11 is 0. The topological polar surface area (TPSA) is 69.9 Å². The molecule has 0 unspecified atom stereocenters. The highest BCUT2D eigenvalue weighted by Gasteiger charge is 2.33. The standard InChI is InChI=1S/C18H18BF3O.C18H21BO.C17H19BO2.CH4/c20-18(21,22)16-6-2-1-4-14(16)9-7-13-8-10-15-5-3-11-19(23)17(15)12-13;1-14-4-6-15(7-5-14)8-9-16-10-11-17-3-2-12-19(20)18(17)13-16;1-13-3-2-4-14(11-13)5-6-15-7-8-16-9-10-20-18(19)17(16)12-15;/h1-2,4,6,8,10,12,23H,3,5,7,9,11H2;4-7,10-11,13,20H,2-3,8-9,12H2,1H3;2-4,7-8,11-12,19H,5-6,9-10H2,1H3;1H4. The first-order chi connectivity index (χ1) is 30.4. The molecule has 0 aliphatic carbocycles. The van der Waals surface area contributed by atoms with E-state index < -0.39 is 25.8 Å². The molecule has 64 heavy (non-hydrogen) atoms. The van der Waals surface area contributed by atoms with Gasteiger partial charge in [-0.25, -0.2) is 0 Å². The first kappa shape index (κ1) is 48.6. The minimum atomic E-state index is -4.32. The Morgan fingerprint density at radius 3 is 1.55 bits per heavy atom. The second kappa shape index (κ2) is 22.9. The van der Waals surface area contributed by atoms with Gasteiger partial charge in [-0.3, -0.25) is 0 Å². The number of fused-ring (bicyclic) bond motifs is 3. The van der Waals surface area contributed by atoms with Gasteiger partial charge in [-0.15, -0.1) is 0 Å². The second-order valence-electron chi connectivity index (χ2n) is 17.5. The van der Waals surface area contributed by atoms with Crippen LogP contribution in [0, 0.1) is 13.8 Å². The molecular weight excluding hydrogens is 802 g/mol. The predicted octanol–water partition coefficient (Wildman–Crippen LogP) is 9.22. The van der Waals surface area contributed by atoms with Crippen molar-refractivity contribution in [3.63, 3.8) is 0 Å². The van der Waals surface area contributed by atoms with Crippen LogP contribution < -0.4 is 16.4 Å². The third kappa shape index (κ3) is 13.4. The lowest BCUT2D eigenvalue weighted by atomic mass is 9.53. The Kier molecular flexibility index (Phi) is 17.4. The summed E-state index contributed by atoms with van der Waals surface area (Å²) in [4.78, 5) is 0. The lowest BCUT2D eigenvalue weighted by Crippen LogP contribution is -2.41. The average Bonchev–Trinajstić information content (AvgIpc) is 3.28. The summed E-state index contributed by atoms with van der Waals surface area (Å²) in [6, 6.07) is 42.1. The zero-order valence-corrected chi connectivity index (χ0v) is 36.6. The van der Waals surface area contributed by atoms with Crippen molar-refractivity contribution in [2.75, 3.05) is 6.61 Å². The summed E-state index contributed by atoms with van der Waals surface area (Å²) in [5, 5.41) is 30.1. The Hall–Kier alpha value is -4.86. The van der Waals surface area contributed by atoms with Crippen LogP contribution in [-0.2, 0) is 68.6 Å². The fourth-order valence-electron chi connectivity index (χ4n) is 9.08. The van der Waals surface area contributed by atoms with Crippen molar-refractivity contribution in [1.29, 1.82) is 0 Å². The number of benzene rings is 6. The zero-order valence-electron chi connectivity index (χ0n) is 36.6. The minimum absolute atomic E-state index is 0. The SMILES string of the molecule is C.Cc1ccc(CCc2ccc3c(c2)B(O)CCC3)cc1.Cc1cccc(CCc2ccc3c(c2)B(O)OCC3)c1.OB1CCCc2ccc(CCc3ccccc3C(F)(F)F)cc21. The van der Waals surface area contributed by atoms with E-state index in [0.29, 0.717) is 25.0 Å². The Labute approximate surface area is 380 Å². The van der Waals surface area contributed by atoms with Crippen molar-refractivity contribution >= 4 is 37.3 Å². The maximum Gasteiger partial charge on any atom is 0.491 e. The number of hydrogen-bond acceptors (Lipinski definition) is 4. The molecule has 0 spiro atoms. The maximum atomic E-state index is 13.0. The normalized spacial score (nSPS) is 14.2.